The number of carbonyl (C=O) groups is 1. The number of rotatable bonds is 6. The van der Waals surface area contributed by atoms with E-state index in [1.165, 1.54) is 0 Å². The zero-order valence-electron chi connectivity index (χ0n) is 8.48. The minimum Gasteiger partial charge on any atom is -0.467 e. The molecule has 0 aliphatic carbocycles. The predicted molar refractivity (Wildman–Crippen MR) is 58.3 cm³/mol. The lowest BCUT2D eigenvalue weighted by Gasteiger charge is -2.10. The Bertz CT molecular complexity index is 297. The number of hydrogen-bond donors (Lipinski definition) is 0. The van der Waals surface area contributed by atoms with Crippen LogP contribution in [0.15, 0.2) is 24.3 Å². The lowest BCUT2D eigenvalue weighted by Crippen LogP contribution is -2.09. The molecule has 0 spiro atoms. The Kier molecular flexibility index (Phi) is 5.15. The van der Waals surface area contributed by atoms with Crippen LogP contribution in [-0.4, -0.2) is 18.6 Å². The van der Waals surface area contributed by atoms with E-state index in [1.54, 1.807) is 24.3 Å². The number of halogens is 1. The molecule has 15 heavy (non-hydrogen) atoms. The standard InChI is InChI=1S/C11H13ClO3/c1-2-11(12)15-8-14-10-5-3-9(7-13)4-6-10/h3-7,11H,2,8H2,1H3. The normalized spacial score (nSPS) is 12.1. The summed E-state index contributed by atoms with van der Waals surface area (Å²) in [6, 6.07) is 6.78. The zero-order chi connectivity index (χ0) is 11.1. The fraction of sp³-hybridized carbons (Fsp3) is 0.364. The Balaban J connectivity index is 2.34. The molecule has 0 saturated carbocycles. The molecule has 82 valence electrons. The Morgan fingerprint density at radius 1 is 1.40 bits per heavy atom. The maximum atomic E-state index is 10.4. The van der Waals surface area contributed by atoms with Gasteiger partial charge < -0.3 is 9.47 Å². The predicted octanol–water partition coefficient (Wildman–Crippen LogP) is 2.83. The molecule has 1 unspecified atom stereocenters. The molecule has 1 rings (SSSR count). The molecular weight excluding hydrogens is 216 g/mol. The third-order valence-corrected chi connectivity index (χ3v) is 2.25. The van der Waals surface area contributed by atoms with Crippen molar-refractivity contribution in [1.29, 1.82) is 0 Å². The van der Waals surface area contributed by atoms with Crippen molar-refractivity contribution >= 4 is 17.9 Å². The summed E-state index contributed by atoms with van der Waals surface area (Å²) in [5.74, 6) is 0.653. The Labute approximate surface area is 93.9 Å². The number of aldehydes is 1. The van der Waals surface area contributed by atoms with Crippen LogP contribution in [0.2, 0.25) is 0 Å². The summed E-state index contributed by atoms with van der Waals surface area (Å²) in [6.07, 6.45) is 1.52. The highest BCUT2D eigenvalue weighted by atomic mass is 35.5. The summed E-state index contributed by atoms with van der Waals surface area (Å²) in [5, 5.41) is 0. The van der Waals surface area contributed by atoms with Crippen molar-refractivity contribution in [2.45, 2.75) is 18.9 Å². The van der Waals surface area contributed by atoms with E-state index in [-0.39, 0.29) is 12.4 Å². The quantitative estimate of drug-likeness (QED) is 0.427. The zero-order valence-corrected chi connectivity index (χ0v) is 9.24. The summed E-state index contributed by atoms with van der Waals surface area (Å²) >= 11 is 5.73. The minimum absolute atomic E-state index is 0.114. The fourth-order valence-electron chi connectivity index (χ4n) is 0.936. The first-order chi connectivity index (χ1) is 7.26. The van der Waals surface area contributed by atoms with E-state index in [1.807, 2.05) is 6.92 Å². The second kappa shape index (κ2) is 6.43. The largest absolute Gasteiger partial charge is 0.467 e. The van der Waals surface area contributed by atoms with E-state index in [2.05, 4.69) is 0 Å². The van der Waals surface area contributed by atoms with E-state index >= 15 is 0 Å². The summed E-state index contributed by atoms with van der Waals surface area (Å²) < 4.78 is 10.4. The first-order valence-corrected chi connectivity index (χ1v) is 5.13. The van der Waals surface area contributed by atoms with E-state index in [4.69, 9.17) is 21.1 Å². The Hall–Kier alpha value is -1.06. The smallest absolute Gasteiger partial charge is 0.190 e. The summed E-state index contributed by atoms with van der Waals surface area (Å²) in [5.41, 5.74) is 0.297. The highest BCUT2D eigenvalue weighted by Gasteiger charge is 2.00. The SMILES string of the molecule is CCC(Cl)OCOc1ccc(C=O)cc1. The maximum absolute atomic E-state index is 10.4. The van der Waals surface area contributed by atoms with Crippen molar-refractivity contribution in [3.8, 4) is 5.75 Å². The second-order valence-corrected chi connectivity index (χ2v) is 3.42. The van der Waals surface area contributed by atoms with Crippen LogP contribution in [0.3, 0.4) is 0 Å². The molecule has 0 saturated heterocycles. The van der Waals surface area contributed by atoms with Gasteiger partial charge in [-0.2, -0.15) is 0 Å². The van der Waals surface area contributed by atoms with Crippen LogP contribution >= 0.6 is 11.6 Å². The number of carbonyl (C=O) groups excluding carboxylic acids is 1. The van der Waals surface area contributed by atoms with Crippen molar-refractivity contribution < 1.29 is 14.3 Å². The number of alkyl halides is 1. The maximum Gasteiger partial charge on any atom is 0.190 e. The van der Waals surface area contributed by atoms with Gasteiger partial charge in [0.05, 0.1) is 0 Å². The Morgan fingerprint density at radius 2 is 2.07 bits per heavy atom. The topological polar surface area (TPSA) is 35.5 Å². The molecule has 0 aliphatic heterocycles. The highest BCUT2D eigenvalue weighted by molar-refractivity contribution is 6.19. The lowest BCUT2D eigenvalue weighted by atomic mass is 10.2. The molecule has 0 fully saturated rings. The van der Waals surface area contributed by atoms with Crippen molar-refractivity contribution in [3.05, 3.63) is 29.8 Å². The molecule has 0 radical (unpaired) electrons. The van der Waals surface area contributed by atoms with E-state index in [9.17, 15) is 4.79 Å². The van der Waals surface area contributed by atoms with Crippen LogP contribution in [0.4, 0.5) is 0 Å². The van der Waals surface area contributed by atoms with Crippen LogP contribution in [-0.2, 0) is 4.74 Å². The van der Waals surface area contributed by atoms with Crippen molar-refractivity contribution in [2.24, 2.45) is 0 Å². The average Bonchev–Trinajstić information content (AvgIpc) is 2.29. The molecule has 0 aliphatic rings. The first kappa shape index (κ1) is 12.0. The fourth-order valence-corrected chi connectivity index (χ4v) is 0.988. The van der Waals surface area contributed by atoms with E-state index in [0.29, 0.717) is 11.3 Å². The molecule has 0 bridgehead atoms. The van der Waals surface area contributed by atoms with Gasteiger partial charge in [-0.1, -0.05) is 18.5 Å². The van der Waals surface area contributed by atoms with E-state index in [0.717, 1.165) is 12.7 Å². The average molecular weight is 229 g/mol. The van der Waals surface area contributed by atoms with Crippen molar-refractivity contribution in [2.75, 3.05) is 6.79 Å². The first-order valence-electron chi connectivity index (χ1n) is 4.70. The molecule has 1 aromatic carbocycles. The van der Waals surface area contributed by atoms with Gasteiger partial charge in [0, 0.05) is 5.56 Å². The summed E-state index contributed by atoms with van der Waals surface area (Å²) in [6.45, 7) is 2.04. The van der Waals surface area contributed by atoms with Crippen LogP contribution < -0.4 is 4.74 Å². The van der Waals surface area contributed by atoms with Crippen molar-refractivity contribution in [1.82, 2.24) is 0 Å². The van der Waals surface area contributed by atoms with Crippen LogP contribution in [0.25, 0.3) is 0 Å². The van der Waals surface area contributed by atoms with Gasteiger partial charge >= 0.3 is 0 Å². The van der Waals surface area contributed by atoms with E-state index < -0.39 is 0 Å². The summed E-state index contributed by atoms with van der Waals surface area (Å²) in [4.78, 5) is 10.4. The molecule has 0 N–H and O–H groups in total. The summed E-state index contributed by atoms with van der Waals surface area (Å²) in [7, 11) is 0. The van der Waals surface area contributed by atoms with Crippen molar-refractivity contribution in [3.63, 3.8) is 0 Å². The minimum atomic E-state index is -0.320. The van der Waals surface area contributed by atoms with Gasteiger partial charge in [-0.15, -0.1) is 0 Å². The molecule has 3 nitrogen and oxygen atoms in total. The van der Waals surface area contributed by atoms with Crippen LogP contribution in [0.5, 0.6) is 5.75 Å². The molecule has 0 amide bonds. The number of ether oxygens (including phenoxy) is 2. The molecule has 1 atom stereocenters. The van der Waals surface area contributed by atoms with Gasteiger partial charge in [-0.05, 0) is 30.7 Å². The molecule has 4 heteroatoms. The third-order valence-electron chi connectivity index (χ3n) is 1.81. The number of hydrogen-bond acceptors (Lipinski definition) is 3. The monoisotopic (exact) mass is 228 g/mol. The van der Waals surface area contributed by atoms with Crippen LogP contribution in [0.1, 0.15) is 23.7 Å². The van der Waals surface area contributed by atoms with Gasteiger partial charge in [0.15, 0.2) is 6.79 Å². The Morgan fingerprint density at radius 3 is 2.60 bits per heavy atom. The molecule has 0 aromatic heterocycles. The van der Waals surface area contributed by atoms with Gasteiger partial charge in [-0.25, -0.2) is 0 Å². The van der Waals surface area contributed by atoms with Gasteiger partial charge in [0.2, 0.25) is 0 Å². The lowest BCUT2D eigenvalue weighted by molar-refractivity contribution is -0.00291. The number of benzene rings is 1. The third kappa shape index (κ3) is 4.32. The van der Waals surface area contributed by atoms with Crippen LogP contribution in [0, 0.1) is 0 Å². The second-order valence-electron chi connectivity index (χ2n) is 2.93. The van der Waals surface area contributed by atoms with Gasteiger partial charge in [0.1, 0.15) is 17.6 Å². The highest BCUT2D eigenvalue weighted by Crippen LogP contribution is 2.12. The molecule has 0 heterocycles. The molecule has 1 aromatic rings. The van der Waals surface area contributed by atoms with Gasteiger partial charge in [-0.3, -0.25) is 4.79 Å². The molecular formula is C11H13ClO3. The van der Waals surface area contributed by atoms with Gasteiger partial charge in [0.25, 0.3) is 0 Å².